The van der Waals surface area contributed by atoms with Crippen LogP contribution in [-0.4, -0.2) is 34.9 Å². The number of phenolic OH excluding ortho intramolecular Hbond substituents is 1. The first-order valence-corrected chi connectivity index (χ1v) is 12.0. The zero-order valence-electron chi connectivity index (χ0n) is 18.6. The standard InChI is InChI=1S/C28H22BrNO5/c29-23-11-5-10-17-16(12-13-25(31)26(17)23)14-24(27(32)33)30-28(34)35-15-22-20-8-3-1-6-18(20)19-7-2-4-9-21(19)22/h1-13,22,24,31H,14-15H2,(H,30,34)(H,32,33)/t24-/m0/s1. The lowest BCUT2D eigenvalue weighted by molar-refractivity contribution is -0.139. The third-order valence-corrected chi connectivity index (χ3v) is 7.08. The Hall–Kier alpha value is -3.84. The molecule has 0 fully saturated rings. The van der Waals surface area contributed by atoms with Gasteiger partial charge in [0.25, 0.3) is 0 Å². The number of phenols is 1. The quantitative estimate of drug-likeness (QED) is 0.290. The Bertz CT molecular complexity index is 1400. The number of carboxylic acids is 1. The molecule has 4 aromatic carbocycles. The zero-order chi connectivity index (χ0) is 24.5. The van der Waals surface area contributed by atoms with Gasteiger partial charge in [-0.05, 0) is 45.3 Å². The van der Waals surface area contributed by atoms with Gasteiger partial charge < -0.3 is 20.3 Å². The van der Waals surface area contributed by atoms with Crippen molar-refractivity contribution in [3.8, 4) is 16.9 Å². The summed E-state index contributed by atoms with van der Waals surface area (Å²) >= 11 is 3.43. The molecule has 7 heteroatoms. The van der Waals surface area contributed by atoms with Gasteiger partial charge in [0.15, 0.2) is 0 Å². The maximum absolute atomic E-state index is 12.7. The second kappa shape index (κ2) is 9.43. The second-order valence-electron chi connectivity index (χ2n) is 8.47. The number of ether oxygens (including phenoxy) is 1. The van der Waals surface area contributed by atoms with Gasteiger partial charge in [0.05, 0.1) is 0 Å². The van der Waals surface area contributed by atoms with E-state index in [4.69, 9.17) is 4.74 Å². The number of amides is 1. The van der Waals surface area contributed by atoms with Crippen LogP contribution in [0.4, 0.5) is 4.79 Å². The molecule has 0 unspecified atom stereocenters. The molecule has 0 saturated heterocycles. The fourth-order valence-corrected chi connectivity index (χ4v) is 5.35. The van der Waals surface area contributed by atoms with Crippen molar-refractivity contribution in [3.05, 3.63) is 100 Å². The minimum absolute atomic E-state index is 0.0345. The number of halogens is 1. The van der Waals surface area contributed by atoms with E-state index < -0.39 is 18.1 Å². The highest BCUT2D eigenvalue weighted by Crippen LogP contribution is 2.44. The predicted molar refractivity (Wildman–Crippen MR) is 137 cm³/mol. The Morgan fingerprint density at radius 3 is 2.23 bits per heavy atom. The van der Waals surface area contributed by atoms with E-state index in [1.807, 2.05) is 42.5 Å². The van der Waals surface area contributed by atoms with Crippen molar-refractivity contribution in [1.29, 1.82) is 0 Å². The molecule has 1 aliphatic carbocycles. The molecule has 1 aliphatic rings. The van der Waals surface area contributed by atoms with Crippen molar-refractivity contribution >= 4 is 38.8 Å². The molecule has 1 amide bonds. The molecule has 0 spiro atoms. The lowest BCUT2D eigenvalue weighted by atomic mass is 9.98. The first kappa shape index (κ1) is 22.9. The molecule has 1 atom stereocenters. The summed E-state index contributed by atoms with van der Waals surface area (Å²) in [5.74, 6) is -1.20. The first-order valence-electron chi connectivity index (χ1n) is 11.2. The number of aromatic hydroxyl groups is 1. The van der Waals surface area contributed by atoms with E-state index in [9.17, 15) is 19.8 Å². The summed E-state index contributed by atoms with van der Waals surface area (Å²) in [6.07, 6.45) is -0.754. The molecule has 0 aliphatic heterocycles. The summed E-state index contributed by atoms with van der Waals surface area (Å²) in [4.78, 5) is 24.6. The fourth-order valence-electron chi connectivity index (χ4n) is 4.79. The van der Waals surface area contributed by atoms with Gasteiger partial charge in [-0.25, -0.2) is 9.59 Å². The fraction of sp³-hybridized carbons (Fsp3) is 0.143. The van der Waals surface area contributed by atoms with E-state index in [2.05, 4.69) is 33.4 Å². The summed E-state index contributed by atoms with van der Waals surface area (Å²) in [5, 5.41) is 23.8. The van der Waals surface area contributed by atoms with Gasteiger partial charge in [-0.2, -0.15) is 0 Å². The maximum Gasteiger partial charge on any atom is 0.407 e. The number of benzene rings is 4. The second-order valence-corrected chi connectivity index (χ2v) is 9.33. The zero-order valence-corrected chi connectivity index (χ0v) is 20.2. The molecule has 4 aromatic rings. The van der Waals surface area contributed by atoms with Gasteiger partial charge in [0, 0.05) is 22.2 Å². The van der Waals surface area contributed by atoms with E-state index in [1.165, 1.54) is 6.07 Å². The van der Waals surface area contributed by atoms with E-state index >= 15 is 0 Å². The van der Waals surface area contributed by atoms with E-state index in [-0.39, 0.29) is 24.7 Å². The van der Waals surface area contributed by atoms with Gasteiger partial charge in [0.1, 0.15) is 18.4 Å². The average molecular weight is 532 g/mol. The molecule has 0 bridgehead atoms. The number of carbonyl (C=O) groups is 2. The van der Waals surface area contributed by atoms with Crippen LogP contribution in [0.5, 0.6) is 5.75 Å². The molecule has 0 heterocycles. The number of hydrogen-bond donors (Lipinski definition) is 3. The largest absolute Gasteiger partial charge is 0.507 e. The SMILES string of the molecule is O=C(N[C@@H](Cc1ccc(O)c2c(Br)cccc12)C(=O)O)OCC1c2ccccc2-c2ccccc21. The highest BCUT2D eigenvalue weighted by Gasteiger charge is 2.30. The molecule has 6 nitrogen and oxygen atoms in total. The van der Waals surface area contributed by atoms with Gasteiger partial charge in [-0.1, -0.05) is 82.7 Å². The van der Waals surface area contributed by atoms with Gasteiger partial charge in [-0.15, -0.1) is 0 Å². The molecule has 0 radical (unpaired) electrons. The number of alkyl carbamates (subject to hydrolysis) is 1. The predicted octanol–water partition coefficient (Wildman–Crippen LogP) is 5.84. The Morgan fingerprint density at radius 1 is 0.914 bits per heavy atom. The van der Waals surface area contributed by atoms with Crippen molar-refractivity contribution in [3.63, 3.8) is 0 Å². The van der Waals surface area contributed by atoms with Gasteiger partial charge in [-0.3, -0.25) is 0 Å². The van der Waals surface area contributed by atoms with Crippen molar-refractivity contribution in [2.75, 3.05) is 6.61 Å². The average Bonchev–Trinajstić information content (AvgIpc) is 3.17. The van der Waals surface area contributed by atoms with Gasteiger partial charge >= 0.3 is 12.1 Å². The van der Waals surface area contributed by atoms with Crippen molar-refractivity contribution in [1.82, 2.24) is 5.32 Å². The minimum atomic E-state index is -1.20. The molecule has 5 rings (SSSR count). The summed E-state index contributed by atoms with van der Waals surface area (Å²) in [5.41, 5.74) is 5.08. The summed E-state index contributed by atoms with van der Waals surface area (Å²) in [7, 11) is 0. The monoisotopic (exact) mass is 531 g/mol. The minimum Gasteiger partial charge on any atom is -0.507 e. The molecule has 35 heavy (non-hydrogen) atoms. The van der Waals surface area contributed by atoms with Crippen LogP contribution >= 0.6 is 15.9 Å². The number of carboxylic acid groups (broad SMARTS) is 1. The van der Waals surface area contributed by atoms with Crippen LogP contribution < -0.4 is 5.32 Å². The number of rotatable bonds is 6. The lowest BCUT2D eigenvalue weighted by Gasteiger charge is -2.18. The number of nitrogens with one attached hydrogen (secondary N) is 1. The van der Waals surface area contributed by atoms with E-state index in [0.29, 0.717) is 20.8 Å². The number of hydrogen-bond acceptors (Lipinski definition) is 4. The van der Waals surface area contributed by atoms with Crippen LogP contribution in [0.25, 0.3) is 21.9 Å². The lowest BCUT2D eigenvalue weighted by Crippen LogP contribution is -2.43. The van der Waals surface area contributed by atoms with Gasteiger partial charge in [0.2, 0.25) is 0 Å². The molecular formula is C28H22BrNO5. The van der Waals surface area contributed by atoms with Crippen molar-refractivity contribution < 1.29 is 24.5 Å². The summed E-state index contributed by atoms with van der Waals surface area (Å²) in [6.45, 7) is 0.0985. The number of fused-ring (bicyclic) bond motifs is 4. The Labute approximate surface area is 210 Å². The third kappa shape index (κ3) is 4.35. The smallest absolute Gasteiger partial charge is 0.407 e. The van der Waals surface area contributed by atoms with Crippen LogP contribution in [-0.2, 0) is 16.0 Å². The maximum atomic E-state index is 12.7. The third-order valence-electron chi connectivity index (χ3n) is 6.42. The number of aliphatic carboxylic acids is 1. The number of carbonyl (C=O) groups excluding carboxylic acids is 1. The van der Waals surface area contributed by atoms with Crippen molar-refractivity contribution in [2.24, 2.45) is 0 Å². The normalized spacial score (nSPS) is 13.2. The molecule has 176 valence electrons. The van der Waals surface area contributed by atoms with Crippen LogP contribution in [0, 0.1) is 0 Å². The first-order chi connectivity index (χ1) is 16.9. The summed E-state index contributed by atoms with van der Waals surface area (Å²) < 4.78 is 6.22. The Balaban J connectivity index is 1.32. The highest BCUT2D eigenvalue weighted by molar-refractivity contribution is 9.10. The van der Waals surface area contributed by atoms with Crippen LogP contribution in [0.15, 0.2) is 83.3 Å². The Morgan fingerprint density at radius 2 is 1.57 bits per heavy atom. The van der Waals surface area contributed by atoms with Crippen molar-refractivity contribution in [2.45, 2.75) is 18.4 Å². The molecule has 3 N–H and O–H groups in total. The summed E-state index contributed by atoms with van der Waals surface area (Å²) in [6, 6.07) is 23.4. The molecule has 0 saturated carbocycles. The highest BCUT2D eigenvalue weighted by atomic mass is 79.9. The van der Waals surface area contributed by atoms with E-state index in [1.54, 1.807) is 18.2 Å². The van der Waals surface area contributed by atoms with Crippen LogP contribution in [0.2, 0.25) is 0 Å². The van der Waals surface area contributed by atoms with Crippen LogP contribution in [0.3, 0.4) is 0 Å². The Kier molecular flexibility index (Phi) is 6.17. The topological polar surface area (TPSA) is 95.9 Å². The van der Waals surface area contributed by atoms with E-state index in [0.717, 1.165) is 22.3 Å². The molecule has 0 aromatic heterocycles. The van der Waals surface area contributed by atoms with Crippen LogP contribution in [0.1, 0.15) is 22.6 Å². The molecular weight excluding hydrogens is 510 g/mol.